The summed E-state index contributed by atoms with van der Waals surface area (Å²) < 4.78 is 38.5. The van der Waals surface area contributed by atoms with Gasteiger partial charge in [-0.05, 0) is 43.0 Å². The van der Waals surface area contributed by atoms with E-state index < -0.39 is 22.9 Å². The molecule has 0 spiro atoms. The Kier molecular flexibility index (Phi) is 8.00. The summed E-state index contributed by atoms with van der Waals surface area (Å²) in [6, 6.07) is 8.94. The van der Waals surface area contributed by atoms with Crippen LogP contribution in [0.15, 0.2) is 36.4 Å². The SMILES string of the molecule is CC1CCN(c2ccc([N+](=O)[O-])cc2C(=O)Nc2cc(Cl)ccc2N2CCN(C(=O)C(F)(F)F)CC2)CC1. The maximum Gasteiger partial charge on any atom is 0.471 e. The fraction of sp³-hybridized carbons (Fsp3) is 0.440. The van der Waals surface area contributed by atoms with Gasteiger partial charge in [0.15, 0.2) is 0 Å². The number of alkyl halides is 3. The van der Waals surface area contributed by atoms with Crippen LogP contribution in [0, 0.1) is 16.0 Å². The summed E-state index contributed by atoms with van der Waals surface area (Å²) in [4.78, 5) is 40.5. The van der Waals surface area contributed by atoms with Crippen molar-refractivity contribution in [3.63, 3.8) is 0 Å². The number of hydrogen-bond acceptors (Lipinski definition) is 6. The second-order valence-electron chi connectivity index (χ2n) is 9.52. The van der Waals surface area contributed by atoms with Crippen LogP contribution in [0.25, 0.3) is 0 Å². The third kappa shape index (κ3) is 6.12. The molecule has 4 rings (SSSR count). The van der Waals surface area contributed by atoms with Crippen molar-refractivity contribution >= 4 is 46.2 Å². The predicted molar refractivity (Wildman–Crippen MR) is 138 cm³/mol. The molecule has 0 aromatic heterocycles. The predicted octanol–water partition coefficient (Wildman–Crippen LogP) is 4.95. The first-order valence-electron chi connectivity index (χ1n) is 12.2. The molecular formula is C25H27ClF3N5O4. The van der Waals surface area contributed by atoms with Gasteiger partial charge in [-0.1, -0.05) is 18.5 Å². The van der Waals surface area contributed by atoms with Gasteiger partial charge in [-0.15, -0.1) is 0 Å². The number of non-ortho nitro benzene ring substituents is 1. The molecule has 13 heteroatoms. The van der Waals surface area contributed by atoms with E-state index in [0.29, 0.717) is 41.1 Å². The highest BCUT2D eigenvalue weighted by Gasteiger charge is 2.43. The molecule has 2 amide bonds. The van der Waals surface area contributed by atoms with Gasteiger partial charge in [0, 0.05) is 56.4 Å². The molecule has 0 unspecified atom stereocenters. The zero-order chi connectivity index (χ0) is 27.6. The molecule has 9 nitrogen and oxygen atoms in total. The molecule has 0 atom stereocenters. The van der Waals surface area contributed by atoms with Crippen LogP contribution in [0.2, 0.25) is 5.02 Å². The van der Waals surface area contributed by atoms with E-state index >= 15 is 0 Å². The molecule has 2 aromatic rings. The smallest absolute Gasteiger partial charge is 0.371 e. The zero-order valence-corrected chi connectivity index (χ0v) is 21.4. The number of amides is 2. The van der Waals surface area contributed by atoms with E-state index in [-0.39, 0.29) is 37.4 Å². The summed E-state index contributed by atoms with van der Waals surface area (Å²) in [5.41, 5.74) is 1.33. The maximum atomic E-state index is 13.5. The molecule has 0 bridgehead atoms. The van der Waals surface area contributed by atoms with Crippen LogP contribution >= 0.6 is 11.6 Å². The van der Waals surface area contributed by atoms with Gasteiger partial charge in [0.2, 0.25) is 0 Å². The number of carbonyl (C=O) groups is 2. The van der Waals surface area contributed by atoms with Crippen molar-refractivity contribution in [1.29, 1.82) is 0 Å². The number of nitrogens with zero attached hydrogens (tertiary/aromatic N) is 4. The van der Waals surface area contributed by atoms with Gasteiger partial charge >= 0.3 is 12.1 Å². The molecule has 2 fully saturated rings. The highest BCUT2D eigenvalue weighted by Crippen LogP contribution is 2.34. The number of anilines is 3. The number of rotatable bonds is 5. The van der Waals surface area contributed by atoms with Crippen LogP contribution in [-0.4, -0.2) is 67.1 Å². The number of halogens is 4. The monoisotopic (exact) mass is 553 g/mol. The third-order valence-electron chi connectivity index (χ3n) is 6.92. The summed E-state index contributed by atoms with van der Waals surface area (Å²) in [5.74, 6) is -1.91. The number of nitrogens with one attached hydrogen (secondary N) is 1. The molecule has 2 aliphatic heterocycles. The van der Waals surface area contributed by atoms with E-state index in [2.05, 4.69) is 12.2 Å². The minimum absolute atomic E-state index is 0.111. The summed E-state index contributed by atoms with van der Waals surface area (Å²) >= 11 is 6.19. The lowest BCUT2D eigenvalue weighted by Gasteiger charge is -2.37. The molecule has 0 saturated carbocycles. The van der Waals surface area contributed by atoms with E-state index in [1.165, 1.54) is 18.2 Å². The average Bonchev–Trinajstić information content (AvgIpc) is 2.88. The minimum atomic E-state index is -4.94. The minimum Gasteiger partial charge on any atom is -0.371 e. The van der Waals surface area contributed by atoms with E-state index in [1.807, 2.05) is 4.90 Å². The van der Waals surface area contributed by atoms with Gasteiger partial charge in [0.1, 0.15) is 0 Å². The van der Waals surface area contributed by atoms with Crippen molar-refractivity contribution in [3.05, 3.63) is 57.1 Å². The fourth-order valence-corrected chi connectivity index (χ4v) is 4.92. The van der Waals surface area contributed by atoms with Crippen molar-refractivity contribution in [1.82, 2.24) is 4.90 Å². The van der Waals surface area contributed by atoms with Crippen molar-refractivity contribution in [2.75, 3.05) is 54.4 Å². The lowest BCUT2D eigenvalue weighted by Crippen LogP contribution is -2.52. The molecule has 2 aliphatic rings. The largest absolute Gasteiger partial charge is 0.471 e. The fourth-order valence-electron chi connectivity index (χ4n) is 4.75. The van der Waals surface area contributed by atoms with E-state index in [0.717, 1.165) is 17.7 Å². The summed E-state index contributed by atoms with van der Waals surface area (Å²) in [6.07, 6.45) is -3.08. The second kappa shape index (κ2) is 11.1. The van der Waals surface area contributed by atoms with Crippen molar-refractivity contribution < 1.29 is 27.7 Å². The molecule has 38 heavy (non-hydrogen) atoms. The van der Waals surface area contributed by atoms with Crippen LogP contribution in [0.4, 0.5) is 35.9 Å². The zero-order valence-electron chi connectivity index (χ0n) is 20.6. The van der Waals surface area contributed by atoms with Crippen LogP contribution in [-0.2, 0) is 4.79 Å². The van der Waals surface area contributed by atoms with Gasteiger partial charge in [-0.2, -0.15) is 13.2 Å². The molecule has 204 valence electrons. The van der Waals surface area contributed by atoms with Crippen molar-refractivity contribution in [2.24, 2.45) is 5.92 Å². The van der Waals surface area contributed by atoms with Gasteiger partial charge < -0.3 is 20.0 Å². The van der Waals surface area contributed by atoms with Crippen LogP contribution in [0.1, 0.15) is 30.1 Å². The topological polar surface area (TPSA) is 99.0 Å². The number of carbonyl (C=O) groups excluding carboxylic acids is 2. The average molecular weight is 554 g/mol. The van der Waals surface area contributed by atoms with E-state index in [1.54, 1.807) is 23.1 Å². The normalized spacial score (nSPS) is 16.9. The Balaban J connectivity index is 1.58. The van der Waals surface area contributed by atoms with Crippen molar-refractivity contribution in [2.45, 2.75) is 25.9 Å². The van der Waals surface area contributed by atoms with Gasteiger partial charge in [-0.3, -0.25) is 19.7 Å². The summed E-state index contributed by atoms with van der Waals surface area (Å²) in [5, 5.41) is 14.6. The van der Waals surface area contributed by atoms with Crippen LogP contribution < -0.4 is 15.1 Å². The lowest BCUT2D eigenvalue weighted by molar-refractivity contribution is -0.384. The first-order valence-corrected chi connectivity index (χ1v) is 12.6. The van der Waals surface area contributed by atoms with E-state index in [9.17, 15) is 32.9 Å². The second-order valence-corrected chi connectivity index (χ2v) is 9.96. The Morgan fingerprint density at radius 1 is 0.974 bits per heavy atom. The molecule has 2 saturated heterocycles. The number of benzene rings is 2. The summed E-state index contributed by atoms with van der Waals surface area (Å²) in [7, 11) is 0. The molecule has 2 aromatic carbocycles. The van der Waals surface area contributed by atoms with Gasteiger partial charge in [0.25, 0.3) is 11.6 Å². The van der Waals surface area contributed by atoms with Crippen molar-refractivity contribution in [3.8, 4) is 0 Å². The molecule has 1 N–H and O–H groups in total. The highest BCUT2D eigenvalue weighted by atomic mass is 35.5. The third-order valence-corrected chi connectivity index (χ3v) is 7.15. The van der Waals surface area contributed by atoms with Gasteiger partial charge in [-0.25, -0.2) is 0 Å². The molecule has 2 heterocycles. The van der Waals surface area contributed by atoms with Gasteiger partial charge in [0.05, 0.1) is 27.5 Å². The first kappa shape index (κ1) is 27.5. The first-order chi connectivity index (χ1) is 17.9. The maximum absolute atomic E-state index is 13.5. The Hall–Kier alpha value is -3.54. The van der Waals surface area contributed by atoms with Crippen LogP contribution in [0.5, 0.6) is 0 Å². The Bertz CT molecular complexity index is 1230. The molecule has 0 radical (unpaired) electrons. The number of hydrogen-bond donors (Lipinski definition) is 1. The molecule has 0 aliphatic carbocycles. The lowest BCUT2D eigenvalue weighted by atomic mass is 9.97. The number of nitro groups is 1. The molecular weight excluding hydrogens is 527 g/mol. The summed E-state index contributed by atoms with van der Waals surface area (Å²) in [6.45, 7) is 3.51. The highest BCUT2D eigenvalue weighted by molar-refractivity contribution is 6.31. The number of nitro benzene ring substituents is 1. The Labute approximate surface area is 222 Å². The standard InChI is InChI=1S/C25H27ClF3N5O4/c1-16-6-8-31(9-7-16)21-5-3-18(34(37)38)15-19(21)23(35)30-20-14-17(26)2-4-22(20)32-10-12-33(13-11-32)24(36)25(27,28)29/h2-5,14-16H,6-13H2,1H3,(H,30,35). The number of piperazine rings is 1. The Morgan fingerprint density at radius 3 is 2.18 bits per heavy atom. The Morgan fingerprint density at radius 2 is 1.58 bits per heavy atom. The van der Waals surface area contributed by atoms with E-state index in [4.69, 9.17) is 11.6 Å². The van der Waals surface area contributed by atoms with Crippen LogP contribution in [0.3, 0.4) is 0 Å². The number of piperidine rings is 1. The quantitative estimate of drug-likeness (QED) is 0.416.